The van der Waals surface area contributed by atoms with Gasteiger partial charge in [-0.15, -0.1) is 0 Å². The molecule has 0 radical (unpaired) electrons. The van der Waals surface area contributed by atoms with Crippen LogP contribution in [0.1, 0.15) is 58.3 Å². The van der Waals surface area contributed by atoms with E-state index in [2.05, 4.69) is 12.2 Å². The molecule has 18 heavy (non-hydrogen) atoms. The van der Waals surface area contributed by atoms with Crippen molar-refractivity contribution < 1.29 is 9.47 Å². The zero-order chi connectivity index (χ0) is 12.7. The summed E-state index contributed by atoms with van der Waals surface area (Å²) in [6, 6.07) is 0. The molecule has 106 valence electrons. The van der Waals surface area contributed by atoms with Crippen LogP contribution < -0.4 is 5.32 Å². The Bertz CT molecular complexity index is 221. The molecule has 1 saturated heterocycles. The molecule has 1 aliphatic heterocycles. The van der Waals surface area contributed by atoms with Crippen molar-refractivity contribution >= 4 is 0 Å². The number of nitrogens with one attached hydrogen (secondary N) is 1. The highest BCUT2D eigenvalue weighted by Crippen LogP contribution is 2.32. The molecule has 1 saturated carbocycles. The fraction of sp³-hybridized carbons (Fsp3) is 1.00. The normalized spacial score (nSPS) is 27.5. The van der Waals surface area contributed by atoms with E-state index in [0.29, 0.717) is 6.10 Å². The van der Waals surface area contributed by atoms with Gasteiger partial charge in [-0.05, 0) is 38.6 Å². The SMILES string of the molecule is CCCNCC1(OCC2CCCO2)CCCCC1. The van der Waals surface area contributed by atoms with E-state index in [1.54, 1.807) is 0 Å². The Balaban J connectivity index is 1.78. The molecule has 1 N–H and O–H groups in total. The largest absolute Gasteiger partial charge is 0.376 e. The molecule has 1 unspecified atom stereocenters. The molecule has 1 atom stereocenters. The van der Waals surface area contributed by atoms with Crippen LogP contribution in [0.15, 0.2) is 0 Å². The Morgan fingerprint density at radius 2 is 2.06 bits per heavy atom. The summed E-state index contributed by atoms with van der Waals surface area (Å²) in [7, 11) is 0. The van der Waals surface area contributed by atoms with E-state index in [1.165, 1.54) is 51.4 Å². The molecule has 0 amide bonds. The summed E-state index contributed by atoms with van der Waals surface area (Å²) in [5.74, 6) is 0. The van der Waals surface area contributed by atoms with Crippen molar-refractivity contribution in [1.82, 2.24) is 5.32 Å². The quantitative estimate of drug-likeness (QED) is 0.710. The molecule has 0 bridgehead atoms. The zero-order valence-electron chi connectivity index (χ0n) is 11.9. The lowest BCUT2D eigenvalue weighted by Gasteiger charge is -2.38. The minimum Gasteiger partial charge on any atom is -0.376 e. The van der Waals surface area contributed by atoms with Crippen molar-refractivity contribution in [2.45, 2.75) is 70.0 Å². The summed E-state index contributed by atoms with van der Waals surface area (Å²) in [6.07, 6.45) is 10.4. The molecule has 0 aromatic carbocycles. The predicted molar refractivity (Wildman–Crippen MR) is 73.9 cm³/mol. The van der Waals surface area contributed by atoms with Gasteiger partial charge in [0, 0.05) is 13.2 Å². The van der Waals surface area contributed by atoms with Crippen LogP contribution in [0, 0.1) is 0 Å². The number of hydrogen-bond acceptors (Lipinski definition) is 3. The van der Waals surface area contributed by atoms with E-state index >= 15 is 0 Å². The van der Waals surface area contributed by atoms with Gasteiger partial charge in [0.2, 0.25) is 0 Å². The van der Waals surface area contributed by atoms with Crippen molar-refractivity contribution in [2.24, 2.45) is 0 Å². The third-order valence-electron chi connectivity index (χ3n) is 4.24. The van der Waals surface area contributed by atoms with E-state index in [9.17, 15) is 0 Å². The Morgan fingerprint density at radius 3 is 2.72 bits per heavy atom. The summed E-state index contributed by atoms with van der Waals surface area (Å²) in [6.45, 7) is 6.06. The summed E-state index contributed by atoms with van der Waals surface area (Å²) >= 11 is 0. The Hall–Kier alpha value is -0.120. The molecule has 2 rings (SSSR count). The molecule has 0 aromatic rings. The standard InChI is InChI=1S/C15H29NO2/c1-2-10-16-13-15(8-4-3-5-9-15)18-12-14-7-6-11-17-14/h14,16H,2-13H2,1H3. The lowest BCUT2D eigenvalue weighted by atomic mass is 9.84. The van der Waals surface area contributed by atoms with E-state index in [0.717, 1.165) is 26.3 Å². The highest BCUT2D eigenvalue weighted by atomic mass is 16.5. The first-order chi connectivity index (χ1) is 8.85. The van der Waals surface area contributed by atoms with Gasteiger partial charge in [-0.1, -0.05) is 26.2 Å². The smallest absolute Gasteiger partial charge is 0.0809 e. The Kier molecular flexibility index (Phi) is 5.93. The molecular formula is C15H29NO2. The van der Waals surface area contributed by atoms with Crippen LogP contribution in [-0.4, -0.2) is 38.0 Å². The van der Waals surface area contributed by atoms with Crippen LogP contribution in [0.3, 0.4) is 0 Å². The highest BCUT2D eigenvalue weighted by Gasteiger charge is 2.33. The zero-order valence-corrected chi connectivity index (χ0v) is 11.9. The summed E-state index contributed by atoms with van der Waals surface area (Å²) < 4.78 is 12.0. The van der Waals surface area contributed by atoms with Crippen LogP contribution in [0.4, 0.5) is 0 Å². The number of rotatable bonds is 7. The second kappa shape index (κ2) is 7.46. The van der Waals surface area contributed by atoms with Crippen molar-refractivity contribution in [3.63, 3.8) is 0 Å². The molecule has 0 spiro atoms. The number of ether oxygens (including phenoxy) is 2. The van der Waals surface area contributed by atoms with Crippen LogP contribution >= 0.6 is 0 Å². The minimum atomic E-state index is 0.0966. The Morgan fingerprint density at radius 1 is 1.22 bits per heavy atom. The third-order valence-corrected chi connectivity index (χ3v) is 4.24. The first kappa shape index (κ1) is 14.3. The summed E-state index contributed by atoms with van der Waals surface area (Å²) in [5, 5.41) is 3.56. The van der Waals surface area contributed by atoms with Gasteiger partial charge in [-0.2, -0.15) is 0 Å². The van der Waals surface area contributed by atoms with Crippen LogP contribution in [0.2, 0.25) is 0 Å². The van der Waals surface area contributed by atoms with Crippen molar-refractivity contribution in [3.8, 4) is 0 Å². The van der Waals surface area contributed by atoms with Crippen molar-refractivity contribution in [1.29, 1.82) is 0 Å². The van der Waals surface area contributed by atoms with E-state index in [4.69, 9.17) is 9.47 Å². The maximum Gasteiger partial charge on any atom is 0.0809 e. The lowest BCUT2D eigenvalue weighted by molar-refractivity contribution is -0.100. The molecule has 2 aliphatic rings. The van der Waals surface area contributed by atoms with Crippen molar-refractivity contribution in [2.75, 3.05) is 26.3 Å². The fourth-order valence-electron chi connectivity index (χ4n) is 3.11. The van der Waals surface area contributed by atoms with E-state index < -0.39 is 0 Å². The highest BCUT2D eigenvalue weighted by molar-refractivity contribution is 4.87. The average molecular weight is 255 g/mol. The van der Waals surface area contributed by atoms with Gasteiger partial charge in [0.25, 0.3) is 0 Å². The first-order valence-electron chi connectivity index (χ1n) is 7.81. The average Bonchev–Trinajstić information content (AvgIpc) is 2.91. The Labute approximate surface area is 112 Å². The maximum absolute atomic E-state index is 6.31. The van der Waals surface area contributed by atoms with Gasteiger partial charge in [-0.25, -0.2) is 0 Å². The van der Waals surface area contributed by atoms with Gasteiger partial charge in [-0.3, -0.25) is 0 Å². The molecule has 3 nitrogen and oxygen atoms in total. The second-order valence-electron chi connectivity index (χ2n) is 5.87. The van der Waals surface area contributed by atoms with E-state index in [1.807, 2.05) is 0 Å². The molecule has 1 heterocycles. The molecule has 3 heteroatoms. The topological polar surface area (TPSA) is 30.5 Å². The molecule has 2 fully saturated rings. The predicted octanol–water partition coefficient (Wildman–Crippen LogP) is 2.88. The summed E-state index contributed by atoms with van der Waals surface area (Å²) in [4.78, 5) is 0. The van der Waals surface area contributed by atoms with Gasteiger partial charge < -0.3 is 14.8 Å². The third kappa shape index (κ3) is 4.22. The van der Waals surface area contributed by atoms with Crippen LogP contribution in [0.25, 0.3) is 0 Å². The lowest BCUT2D eigenvalue weighted by Crippen LogP contribution is -2.46. The number of hydrogen-bond donors (Lipinski definition) is 1. The molecular weight excluding hydrogens is 226 g/mol. The van der Waals surface area contributed by atoms with Gasteiger partial charge in [0.1, 0.15) is 0 Å². The fourth-order valence-corrected chi connectivity index (χ4v) is 3.11. The minimum absolute atomic E-state index is 0.0966. The molecule has 1 aliphatic carbocycles. The second-order valence-corrected chi connectivity index (χ2v) is 5.87. The van der Waals surface area contributed by atoms with Gasteiger partial charge in [0.05, 0.1) is 18.3 Å². The van der Waals surface area contributed by atoms with Gasteiger partial charge in [0.15, 0.2) is 0 Å². The molecule has 0 aromatic heterocycles. The van der Waals surface area contributed by atoms with Gasteiger partial charge >= 0.3 is 0 Å². The monoisotopic (exact) mass is 255 g/mol. The van der Waals surface area contributed by atoms with Crippen molar-refractivity contribution in [3.05, 3.63) is 0 Å². The summed E-state index contributed by atoms with van der Waals surface area (Å²) in [5.41, 5.74) is 0.0966. The maximum atomic E-state index is 6.31. The van der Waals surface area contributed by atoms with E-state index in [-0.39, 0.29) is 5.60 Å². The van der Waals surface area contributed by atoms with Crippen LogP contribution in [-0.2, 0) is 9.47 Å². The first-order valence-corrected chi connectivity index (χ1v) is 7.81. The van der Waals surface area contributed by atoms with Crippen LogP contribution in [0.5, 0.6) is 0 Å².